The highest BCUT2D eigenvalue weighted by Crippen LogP contribution is 2.30. The average molecular weight is 482 g/mol. The molecule has 7 nitrogen and oxygen atoms in total. The topological polar surface area (TPSA) is 87.2 Å². The quantitative estimate of drug-likeness (QED) is 0.492. The monoisotopic (exact) mass is 481 g/mol. The van der Waals surface area contributed by atoms with Gasteiger partial charge in [0.15, 0.2) is 0 Å². The number of para-hydroxylation sites is 1. The minimum absolute atomic E-state index is 0.369. The molecule has 0 amide bonds. The molecule has 1 aliphatic rings. The Kier molecular flexibility index (Phi) is 7.38. The molecule has 2 N–H and O–H groups in total. The Labute approximate surface area is 203 Å². The summed E-state index contributed by atoms with van der Waals surface area (Å²) < 4.78 is 28.5. The van der Waals surface area contributed by atoms with Crippen molar-refractivity contribution in [2.45, 2.75) is 44.4 Å². The fourth-order valence-corrected chi connectivity index (χ4v) is 6.10. The molecule has 1 heterocycles. The van der Waals surface area contributed by atoms with Crippen LogP contribution >= 0.6 is 0 Å². The lowest BCUT2D eigenvalue weighted by Gasteiger charge is -2.29. The Bertz CT molecular complexity index is 1250. The van der Waals surface area contributed by atoms with Crippen LogP contribution in [-0.2, 0) is 10.0 Å². The summed E-state index contributed by atoms with van der Waals surface area (Å²) in [7, 11) is 0.504. The molecule has 1 aromatic heterocycles. The molecule has 0 radical (unpaired) electrons. The minimum atomic E-state index is -3.48. The zero-order valence-corrected chi connectivity index (χ0v) is 21.3. The van der Waals surface area contributed by atoms with Gasteiger partial charge in [0.1, 0.15) is 5.82 Å². The zero-order chi connectivity index (χ0) is 24.3. The Morgan fingerprint density at radius 2 is 1.62 bits per heavy atom. The van der Waals surface area contributed by atoms with Crippen molar-refractivity contribution in [1.29, 1.82) is 0 Å². The normalized spacial score (nSPS) is 18.7. The fraction of sp³-hybridized carbons (Fsp3) is 0.462. The van der Waals surface area contributed by atoms with Crippen LogP contribution in [0.3, 0.4) is 0 Å². The van der Waals surface area contributed by atoms with E-state index in [0.29, 0.717) is 29.2 Å². The van der Waals surface area contributed by atoms with Crippen LogP contribution in [0.5, 0.6) is 0 Å². The van der Waals surface area contributed by atoms with Crippen molar-refractivity contribution in [3.05, 3.63) is 53.6 Å². The highest BCUT2D eigenvalue weighted by Gasteiger charge is 2.24. The highest BCUT2D eigenvalue weighted by molar-refractivity contribution is 7.89. The summed E-state index contributed by atoms with van der Waals surface area (Å²) in [5.74, 6) is 2.47. The lowest BCUT2D eigenvalue weighted by atomic mass is 9.82. The number of fused-ring (bicyclic) bond motifs is 1. The Morgan fingerprint density at radius 1 is 0.941 bits per heavy atom. The van der Waals surface area contributed by atoms with Gasteiger partial charge in [-0.25, -0.2) is 18.1 Å². The summed E-state index contributed by atoms with van der Waals surface area (Å²) in [6.07, 6.45) is 4.17. The molecule has 1 aliphatic carbocycles. The first kappa shape index (κ1) is 24.4. The summed E-state index contributed by atoms with van der Waals surface area (Å²) >= 11 is 0. The van der Waals surface area contributed by atoms with Crippen molar-refractivity contribution in [3.8, 4) is 0 Å². The molecule has 182 valence electrons. The number of benzene rings is 2. The third-order valence-corrected chi connectivity index (χ3v) is 8.28. The summed E-state index contributed by atoms with van der Waals surface area (Å²) in [5, 5.41) is 4.49. The SMILES string of the molecule is Cc1ccc(C)c(S(=O)(=O)NCC2CCC(CNc3nc(N(C)C)c4ccccc4n3)CC2)c1. The van der Waals surface area contributed by atoms with E-state index in [9.17, 15) is 8.42 Å². The van der Waals surface area contributed by atoms with Crippen molar-refractivity contribution >= 4 is 32.7 Å². The van der Waals surface area contributed by atoms with E-state index in [4.69, 9.17) is 9.97 Å². The van der Waals surface area contributed by atoms with Crippen LogP contribution in [0.25, 0.3) is 10.9 Å². The Morgan fingerprint density at radius 3 is 2.32 bits per heavy atom. The molecule has 0 bridgehead atoms. The standard InChI is InChI=1S/C26H35N5O2S/c1-18-9-10-19(2)24(15-18)34(32,33)28-17-21-13-11-20(12-14-21)16-27-26-29-23-8-6-5-7-22(23)25(30-26)31(3)4/h5-10,15,20-21,28H,11-14,16-17H2,1-4H3,(H,27,29,30). The van der Waals surface area contributed by atoms with Crippen molar-refractivity contribution in [3.63, 3.8) is 0 Å². The van der Waals surface area contributed by atoms with Gasteiger partial charge in [0.05, 0.1) is 10.4 Å². The molecule has 4 rings (SSSR count). The van der Waals surface area contributed by atoms with Crippen LogP contribution in [0.1, 0.15) is 36.8 Å². The molecule has 0 saturated heterocycles. The summed E-state index contributed by atoms with van der Waals surface area (Å²) in [6, 6.07) is 13.6. The third-order valence-electron chi connectivity index (χ3n) is 6.72. The summed E-state index contributed by atoms with van der Waals surface area (Å²) in [5.41, 5.74) is 2.66. The van der Waals surface area contributed by atoms with Gasteiger partial charge in [-0.2, -0.15) is 4.98 Å². The van der Waals surface area contributed by atoms with Gasteiger partial charge >= 0.3 is 0 Å². The number of nitrogens with zero attached hydrogens (tertiary/aromatic N) is 3. The maximum Gasteiger partial charge on any atom is 0.240 e. The molecule has 1 fully saturated rings. The van der Waals surface area contributed by atoms with E-state index >= 15 is 0 Å². The molecule has 0 aliphatic heterocycles. The van der Waals surface area contributed by atoms with Gasteiger partial charge in [0.25, 0.3) is 0 Å². The van der Waals surface area contributed by atoms with Crippen LogP contribution < -0.4 is 14.9 Å². The molecule has 34 heavy (non-hydrogen) atoms. The number of hydrogen-bond donors (Lipinski definition) is 2. The zero-order valence-electron chi connectivity index (χ0n) is 20.5. The summed E-state index contributed by atoms with van der Waals surface area (Å²) in [6.45, 7) is 5.08. The number of anilines is 2. The van der Waals surface area contributed by atoms with E-state index in [2.05, 4.69) is 10.0 Å². The molecular weight excluding hydrogens is 446 g/mol. The Hall–Kier alpha value is -2.71. The second-order valence-corrected chi connectivity index (χ2v) is 11.4. The van der Waals surface area contributed by atoms with Gasteiger partial charge < -0.3 is 10.2 Å². The maximum absolute atomic E-state index is 12.8. The van der Waals surface area contributed by atoms with Crippen LogP contribution in [0.15, 0.2) is 47.4 Å². The van der Waals surface area contributed by atoms with Gasteiger partial charge in [-0.1, -0.05) is 24.3 Å². The number of aromatic nitrogens is 2. The minimum Gasteiger partial charge on any atom is -0.362 e. The van der Waals surface area contributed by atoms with Crippen molar-refractivity contribution in [2.24, 2.45) is 11.8 Å². The first-order valence-corrected chi connectivity index (χ1v) is 13.5. The lowest BCUT2D eigenvalue weighted by molar-refractivity contribution is 0.284. The predicted molar refractivity (Wildman–Crippen MR) is 139 cm³/mol. The van der Waals surface area contributed by atoms with E-state index in [0.717, 1.165) is 60.1 Å². The fourth-order valence-electron chi connectivity index (χ4n) is 4.66. The number of rotatable bonds is 8. The second kappa shape index (κ2) is 10.3. The first-order valence-electron chi connectivity index (χ1n) is 12.0. The van der Waals surface area contributed by atoms with E-state index in [1.807, 2.05) is 69.2 Å². The highest BCUT2D eigenvalue weighted by atomic mass is 32.2. The van der Waals surface area contributed by atoms with Gasteiger partial charge in [0.2, 0.25) is 16.0 Å². The van der Waals surface area contributed by atoms with Crippen LogP contribution in [0, 0.1) is 25.7 Å². The van der Waals surface area contributed by atoms with Crippen molar-refractivity contribution < 1.29 is 8.42 Å². The third kappa shape index (κ3) is 5.67. The second-order valence-electron chi connectivity index (χ2n) is 9.67. The number of nitrogens with one attached hydrogen (secondary N) is 2. The lowest BCUT2D eigenvalue weighted by Crippen LogP contribution is -2.32. The van der Waals surface area contributed by atoms with E-state index < -0.39 is 10.0 Å². The molecule has 0 spiro atoms. The maximum atomic E-state index is 12.8. The largest absolute Gasteiger partial charge is 0.362 e. The molecule has 2 aromatic carbocycles. The first-order chi connectivity index (χ1) is 16.2. The molecule has 8 heteroatoms. The average Bonchev–Trinajstić information content (AvgIpc) is 2.83. The number of aryl methyl sites for hydroxylation is 2. The van der Waals surface area contributed by atoms with Crippen molar-refractivity contribution in [1.82, 2.24) is 14.7 Å². The van der Waals surface area contributed by atoms with Crippen molar-refractivity contribution in [2.75, 3.05) is 37.4 Å². The molecule has 1 saturated carbocycles. The predicted octanol–water partition coefficient (Wildman–Crippen LogP) is 4.51. The molecular formula is C26H35N5O2S. The van der Waals surface area contributed by atoms with Gasteiger partial charge in [-0.05, 0) is 80.7 Å². The van der Waals surface area contributed by atoms with E-state index in [1.165, 1.54) is 0 Å². The molecule has 0 unspecified atom stereocenters. The smallest absolute Gasteiger partial charge is 0.240 e. The molecule has 0 atom stereocenters. The van der Waals surface area contributed by atoms with Crippen LogP contribution in [-0.4, -0.2) is 45.6 Å². The summed E-state index contributed by atoms with van der Waals surface area (Å²) in [4.78, 5) is 11.8. The van der Waals surface area contributed by atoms with Gasteiger partial charge in [0, 0.05) is 32.6 Å². The Balaban J connectivity index is 1.30. The number of hydrogen-bond acceptors (Lipinski definition) is 6. The van der Waals surface area contributed by atoms with E-state index in [1.54, 1.807) is 6.07 Å². The van der Waals surface area contributed by atoms with Crippen LogP contribution in [0.2, 0.25) is 0 Å². The number of sulfonamides is 1. The molecule has 3 aromatic rings. The van der Waals surface area contributed by atoms with E-state index in [-0.39, 0.29) is 0 Å². The van der Waals surface area contributed by atoms with Gasteiger partial charge in [-0.15, -0.1) is 0 Å². The van der Waals surface area contributed by atoms with Crippen LogP contribution in [0.4, 0.5) is 11.8 Å². The van der Waals surface area contributed by atoms with Gasteiger partial charge in [-0.3, -0.25) is 0 Å².